The Labute approximate surface area is 95.8 Å². The fourth-order valence-electron chi connectivity index (χ4n) is 1.20. The molecule has 0 spiro atoms. The summed E-state index contributed by atoms with van der Waals surface area (Å²) >= 11 is 1.24. The van der Waals surface area contributed by atoms with Crippen molar-refractivity contribution in [2.45, 2.75) is 10.1 Å². The van der Waals surface area contributed by atoms with E-state index in [0.717, 1.165) is 0 Å². The quantitative estimate of drug-likeness (QED) is 0.786. The molecule has 0 aliphatic heterocycles. The molecule has 1 aromatic heterocycles. The Morgan fingerprint density at radius 2 is 2.25 bits per heavy atom. The van der Waals surface area contributed by atoms with E-state index in [9.17, 15) is 4.79 Å². The highest BCUT2D eigenvalue weighted by molar-refractivity contribution is 7.99. The number of carbonyl (C=O) groups excluding carboxylic acids is 1. The summed E-state index contributed by atoms with van der Waals surface area (Å²) in [6.07, 6.45) is 3.01. The van der Waals surface area contributed by atoms with E-state index in [-0.39, 0.29) is 0 Å². The molecule has 6 heteroatoms. The molecular formula is C10H9N3O2S. The van der Waals surface area contributed by atoms with Gasteiger partial charge < -0.3 is 15.9 Å². The zero-order valence-corrected chi connectivity index (χ0v) is 9.03. The van der Waals surface area contributed by atoms with Crippen LogP contribution in [0.5, 0.6) is 0 Å². The average Bonchev–Trinajstić information content (AvgIpc) is 2.73. The lowest BCUT2D eigenvalue weighted by atomic mass is 10.2. The molecule has 1 aromatic carbocycles. The van der Waals surface area contributed by atoms with Crippen LogP contribution in [0.1, 0.15) is 10.4 Å². The van der Waals surface area contributed by atoms with E-state index in [2.05, 4.69) is 4.98 Å². The highest BCUT2D eigenvalue weighted by atomic mass is 32.2. The number of aromatic nitrogens is 1. The van der Waals surface area contributed by atoms with Gasteiger partial charge in [-0.25, -0.2) is 4.98 Å². The van der Waals surface area contributed by atoms with Crippen molar-refractivity contribution in [2.24, 2.45) is 5.73 Å². The minimum absolute atomic E-state index is 0.302. The van der Waals surface area contributed by atoms with Crippen molar-refractivity contribution in [3.63, 3.8) is 0 Å². The molecule has 2 rings (SSSR count). The fraction of sp³-hybridized carbons (Fsp3) is 0. The van der Waals surface area contributed by atoms with Crippen molar-refractivity contribution < 1.29 is 9.21 Å². The first-order valence-electron chi connectivity index (χ1n) is 4.44. The van der Waals surface area contributed by atoms with E-state index in [1.165, 1.54) is 24.2 Å². The third kappa shape index (κ3) is 2.01. The molecule has 82 valence electrons. The largest absolute Gasteiger partial charge is 0.440 e. The maximum atomic E-state index is 11.1. The highest BCUT2D eigenvalue weighted by Crippen LogP contribution is 2.32. The first kappa shape index (κ1) is 10.6. The molecule has 0 unspecified atom stereocenters. The van der Waals surface area contributed by atoms with E-state index in [1.54, 1.807) is 18.2 Å². The molecular weight excluding hydrogens is 226 g/mol. The van der Waals surface area contributed by atoms with Crippen LogP contribution in [0, 0.1) is 0 Å². The van der Waals surface area contributed by atoms with Gasteiger partial charge in [0.15, 0.2) is 0 Å². The number of primary amides is 1. The molecule has 0 aliphatic carbocycles. The minimum atomic E-state index is -0.549. The lowest BCUT2D eigenvalue weighted by molar-refractivity contribution is 0.100. The van der Waals surface area contributed by atoms with Crippen LogP contribution < -0.4 is 11.5 Å². The van der Waals surface area contributed by atoms with E-state index >= 15 is 0 Å². The summed E-state index contributed by atoms with van der Waals surface area (Å²) in [5.74, 6) is -0.549. The Hall–Kier alpha value is -1.95. The summed E-state index contributed by atoms with van der Waals surface area (Å²) in [6.45, 7) is 0. The van der Waals surface area contributed by atoms with Gasteiger partial charge in [0.1, 0.15) is 6.26 Å². The number of para-hydroxylation sites is 1. The summed E-state index contributed by atoms with van der Waals surface area (Å²) in [5.41, 5.74) is 11.6. The first-order chi connectivity index (χ1) is 7.68. The summed E-state index contributed by atoms with van der Waals surface area (Å²) < 4.78 is 5.07. The number of carbonyl (C=O) groups is 1. The van der Waals surface area contributed by atoms with Gasteiger partial charge in [-0.15, -0.1) is 0 Å². The fourth-order valence-corrected chi connectivity index (χ4v) is 1.97. The van der Waals surface area contributed by atoms with Crippen molar-refractivity contribution in [1.82, 2.24) is 4.98 Å². The topological polar surface area (TPSA) is 95.1 Å². The van der Waals surface area contributed by atoms with Gasteiger partial charge in [0.05, 0.1) is 17.4 Å². The molecule has 0 radical (unpaired) electrons. The molecule has 0 saturated heterocycles. The van der Waals surface area contributed by atoms with Crippen LogP contribution >= 0.6 is 11.8 Å². The number of nitrogen functional groups attached to an aromatic ring is 1. The maximum absolute atomic E-state index is 11.1. The van der Waals surface area contributed by atoms with Gasteiger partial charge in [-0.05, 0) is 23.9 Å². The van der Waals surface area contributed by atoms with Crippen molar-refractivity contribution in [1.29, 1.82) is 0 Å². The third-order valence-corrected chi connectivity index (χ3v) is 2.89. The average molecular weight is 235 g/mol. The zero-order valence-electron chi connectivity index (χ0n) is 8.21. The normalized spacial score (nSPS) is 10.2. The third-order valence-electron chi connectivity index (χ3n) is 1.94. The molecule has 0 aliphatic rings. The van der Waals surface area contributed by atoms with Crippen LogP contribution in [-0.2, 0) is 0 Å². The van der Waals surface area contributed by atoms with Crippen LogP contribution in [-0.4, -0.2) is 10.9 Å². The van der Waals surface area contributed by atoms with Crippen LogP contribution in [0.4, 0.5) is 5.69 Å². The highest BCUT2D eigenvalue weighted by Gasteiger charge is 2.11. The Morgan fingerprint density at radius 1 is 1.44 bits per heavy atom. The number of benzene rings is 1. The second-order valence-corrected chi connectivity index (χ2v) is 3.97. The molecule has 16 heavy (non-hydrogen) atoms. The van der Waals surface area contributed by atoms with E-state index in [4.69, 9.17) is 15.9 Å². The first-order valence-corrected chi connectivity index (χ1v) is 5.26. The SMILES string of the molecule is NC(=O)c1cccc(Sc2ncco2)c1N. The van der Waals surface area contributed by atoms with Crippen molar-refractivity contribution in [3.8, 4) is 0 Å². The van der Waals surface area contributed by atoms with E-state index in [1.807, 2.05) is 0 Å². The summed E-state index contributed by atoms with van der Waals surface area (Å²) in [5, 5.41) is 0.466. The number of nitrogens with two attached hydrogens (primary N) is 2. The van der Waals surface area contributed by atoms with E-state index < -0.39 is 5.91 Å². The Morgan fingerprint density at radius 3 is 2.88 bits per heavy atom. The van der Waals surface area contributed by atoms with Crippen molar-refractivity contribution >= 4 is 23.4 Å². The Kier molecular flexibility index (Phi) is 2.82. The number of hydrogen-bond acceptors (Lipinski definition) is 5. The van der Waals surface area contributed by atoms with Crippen molar-refractivity contribution in [2.75, 3.05) is 5.73 Å². The number of rotatable bonds is 3. The second-order valence-electron chi connectivity index (χ2n) is 2.98. The molecule has 0 atom stereocenters. The molecule has 0 bridgehead atoms. The van der Waals surface area contributed by atoms with Gasteiger partial charge in [-0.1, -0.05) is 6.07 Å². The van der Waals surface area contributed by atoms with Gasteiger partial charge in [-0.2, -0.15) is 0 Å². The molecule has 4 N–H and O–H groups in total. The summed E-state index contributed by atoms with van der Waals surface area (Å²) in [4.78, 5) is 15.7. The summed E-state index contributed by atoms with van der Waals surface area (Å²) in [7, 11) is 0. The number of oxazole rings is 1. The molecule has 0 saturated carbocycles. The molecule has 5 nitrogen and oxygen atoms in total. The van der Waals surface area contributed by atoms with Crippen LogP contribution in [0.25, 0.3) is 0 Å². The van der Waals surface area contributed by atoms with Gasteiger partial charge in [0.25, 0.3) is 11.1 Å². The smallest absolute Gasteiger partial charge is 0.260 e. The molecule has 1 heterocycles. The molecule has 1 amide bonds. The second kappa shape index (κ2) is 4.28. The predicted octanol–water partition coefficient (Wildman–Crippen LogP) is 1.51. The minimum Gasteiger partial charge on any atom is -0.440 e. The van der Waals surface area contributed by atoms with Gasteiger partial charge in [0, 0.05) is 4.90 Å². The Balaban J connectivity index is 2.35. The number of hydrogen-bond donors (Lipinski definition) is 2. The van der Waals surface area contributed by atoms with Gasteiger partial charge >= 0.3 is 0 Å². The summed E-state index contributed by atoms with van der Waals surface area (Å²) in [6, 6.07) is 5.07. The van der Waals surface area contributed by atoms with Gasteiger partial charge in [-0.3, -0.25) is 4.79 Å². The monoisotopic (exact) mass is 235 g/mol. The van der Waals surface area contributed by atoms with Gasteiger partial charge in [0.2, 0.25) is 0 Å². The standard InChI is InChI=1S/C10H9N3O2S/c11-8-6(9(12)14)2-1-3-7(8)16-10-13-4-5-15-10/h1-5H,11H2,(H2,12,14). The predicted molar refractivity (Wildman–Crippen MR) is 60.0 cm³/mol. The lowest BCUT2D eigenvalue weighted by Gasteiger charge is -2.05. The lowest BCUT2D eigenvalue weighted by Crippen LogP contribution is -2.13. The number of anilines is 1. The van der Waals surface area contributed by atoms with Crippen LogP contribution in [0.3, 0.4) is 0 Å². The number of amides is 1. The zero-order chi connectivity index (χ0) is 11.5. The van der Waals surface area contributed by atoms with E-state index in [0.29, 0.717) is 21.4 Å². The van der Waals surface area contributed by atoms with Crippen molar-refractivity contribution in [3.05, 3.63) is 36.2 Å². The molecule has 2 aromatic rings. The van der Waals surface area contributed by atoms with Crippen LogP contribution in [0.2, 0.25) is 0 Å². The van der Waals surface area contributed by atoms with Crippen LogP contribution in [0.15, 0.2) is 45.2 Å². The maximum Gasteiger partial charge on any atom is 0.260 e. The molecule has 0 fully saturated rings. The number of nitrogens with zero attached hydrogens (tertiary/aromatic N) is 1. The Bertz CT molecular complexity index is 511.